The highest BCUT2D eigenvalue weighted by Gasteiger charge is 2.24. The summed E-state index contributed by atoms with van der Waals surface area (Å²) < 4.78 is 13.4. The van der Waals surface area contributed by atoms with Gasteiger partial charge in [0.2, 0.25) is 5.91 Å². The number of hydrogen-bond donors (Lipinski definition) is 1. The standard InChI is InChI=1S/C23H32ClFN4O/c24-21-17-20(8-9-22(21)25)29-15-13-28(14-16-29)12-10-18-4-6-19(7-5-18)27-23(30)3-1-2-11-26/h8-9,17-19H,1-7,10,12-16H2,(H,27,30)/t18-,19-. The van der Waals surface area contributed by atoms with Gasteiger partial charge in [-0.05, 0) is 69.2 Å². The molecule has 1 aliphatic carbocycles. The molecular weight excluding hydrogens is 403 g/mol. The highest BCUT2D eigenvalue weighted by atomic mass is 35.5. The van der Waals surface area contributed by atoms with Crippen molar-refractivity contribution in [2.24, 2.45) is 5.92 Å². The van der Waals surface area contributed by atoms with Gasteiger partial charge in [0.05, 0.1) is 11.1 Å². The van der Waals surface area contributed by atoms with Crippen molar-refractivity contribution in [1.82, 2.24) is 10.2 Å². The van der Waals surface area contributed by atoms with E-state index in [9.17, 15) is 9.18 Å². The Kier molecular flexibility index (Phi) is 8.77. The number of anilines is 1. The van der Waals surface area contributed by atoms with Gasteiger partial charge >= 0.3 is 0 Å². The number of unbranched alkanes of at least 4 members (excludes halogenated alkanes) is 1. The van der Waals surface area contributed by atoms with Crippen LogP contribution in [0.5, 0.6) is 0 Å². The van der Waals surface area contributed by atoms with Gasteiger partial charge in [-0.3, -0.25) is 9.69 Å². The molecule has 30 heavy (non-hydrogen) atoms. The van der Waals surface area contributed by atoms with Crippen molar-refractivity contribution in [1.29, 1.82) is 5.26 Å². The van der Waals surface area contributed by atoms with Crippen LogP contribution >= 0.6 is 11.6 Å². The van der Waals surface area contributed by atoms with Gasteiger partial charge in [0.15, 0.2) is 0 Å². The maximum atomic E-state index is 13.4. The van der Waals surface area contributed by atoms with Crippen molar-refractivity contribution in [3.8, 4) is 6.07 Å². The number of benzene rings is 1. The summed E-state index contributed by atoms with van der Waals surface area (Å²) in [5.74, 6) is 0.465. The highest BCUT2D eigenvalue weighted by molar-refractivity contribution is 6.31. The van der Waals surface area contributed by atoms with Crippen molar-refractivity contribution in [2.45, 2.75) is 57.4 Å². The maximum absolute atomic E-state index is 13.4. The second-order valence-corrected chi connectivity index (χ2v) is 8.92. The van der Waals surface area contributed by atoms with Crippen LogP contribution in [0.15, 0.2) is 18.2 Å². The molecule has 2 fully saturated rings. The molecule has 0 radical (unpaired) electrons. The molecule has 1 saturated carbocycles. The zero-order valence-electron chi connectivity index (χ0n) is 17.6. The van der Waals surface area contributed by atoms with E-state index >= 15 is 0 Å². The van der Waals surface area contributed by atoms with E-state index in [-0.39, 0.29) is 16.7 Å². The monoisotopic (exact) mass is 434 g/mol. The summed E-state index contributed by atoms with van der Waals surface area (Å²) in [4.78, 5) is 16.7. The number of nitriles is 1. The molecule has 1 aromatic carbocycles. The molecule has 0 spiro atoms. The minimum absolute atomic E-state index is 0.0917. The third-order valence-corrected chi connectivity index (χ3v) is 6.69. The molecule has 3 rings (SSSR count). The fourth-order valence-electron chi connectivity index (χ4n) is 4.50. The average molecular weight is 435 g/mol. The number of halogens is 2. The fraction of sp³-hybridized carbons (Fsp3) is 0.652. The molecule has 0 aromatic heterocycles. The van der Waals surface area contributed by atoms with E-state index < -0.39 is 0 Å². The summed E-state index contributed by atoms with van der Waals surface area (Å²) in [6.45, 7) is 5.03. The van der Waals surface area contributed by atoms with Crippen molar-refractivity contribution < 1.29 is 9.18 Å². The van der Waals surface area contributed by atoms with Crippen LogP contribution < -0.4 is 10.2 Å². The minimum Gasteiger partial charge on any atom is -0.369 e. The summed E-state index contributed by atoms with van der Waals surface area (Å²) in [5.41, 5.74) is 0.994. The third-order valence-electron chi connectivity index (χ3n) is 6.40. The summed E-state index contributed by atoms with van der Waals surface area (Å²) in [5, 5.41) is 11.9. The topological polar surface area (TPSA) is 59.4 Å². The molecular formula is C23H32ClFN4O. The van der Waals surface area contributed by atoms with Crippen LogP contribution in [-0.4, -0.2) is 49.6 Å². The lowest BCUT2D eigenvalue weighted by Gasteiger charge is -2.37. The van der Waals surface area contributed by atoms with E-state index in [2.05, 4.69) is 21.2 Å². The first kappa shape index (κ1) is 22.8. The summed E-state index contributed by atoms with van der Waals surface area (Å²) >= 11 is 5.92. The molecule has 1 heterocycles. The Balaban J connectivity index is 1.30. The normalized spacial score (nSPS) is 22.5. The first-order chi connectivity index (χ1) is 14.5. The van der Waals surface area contributed by atoms with Crippen LogP contribution in [-0.2, 0) is 4.79 Å². The van der Waals surface area contributed by atoms with Gasteiger partial charge in [0.1, 0.15) is 5.82 Å². The zero-order chi connectivity index (χ0) is 21.3. The Morgan fingerprint density at radius 1 is 1.20 bits per heavy atom. The predicted octanol–water partition coefficient (Wildman–Crippen LogP) is 4.36. The molecule has 5 nitrogen and oxygen atoms in total. The Labute approximate surface area is 184 Å². The number of carbonyl (C=O) groups excluding carboxylic acids is 1. The van der Waals surface area contributed by atoms with Gasteiger partial charge in [-0.25, -0.2) is 4.39 Å². The van der Waals surface area contributed by atoms with E-state index in [0.29, 0.717) is 25.3 Å². The van der Waals surface area contributed by atoms with Gasteiger partial charge in [-0.2, -0.15) is 5.26 Å². The van der Waals surface area contributed by atoms with Crippen LogP contribution in [0.3, 0.4) is 0 Å². The van der Waals surface area contributed by atoms with Crippen molar-refractivity contribution in [2.75, 3.05) is 37.6 Å². The Morgan fingerprint density at radius 2 is 1.93 bits per heavy atom. The molecule has 0 bridgehead atoms. The van der Waals surface area contributed by atoms with E-state index in [1.54, 1.807) is 12.1 Å². The molecule has 1 saturated heterocycles. The van der Waals surface area contributed by atoms with Gasteiger partial charge in [0.25, 0.3) is 0 Å². The minimum atomic E-state index is -0.368. The summed E-state index contributed by atoms with van der Waals surface area (Å²) in [7, 11) is 0. The van der Waals surface area contributed by atoms with E-state index in [1.807, 2.05) is 0 Å². The molecule has 1 aromatic rings. The van der Waals surface area contributed by atoms with E-state index in [4.69, 9.17) is 16.9 Å². The molecule has 0 unspecified atom stereocenters. The lowest BCUT2D eigenvalue weighted by molar-refractivity contribution is -0.122. The third kappa shape index (κ3) is 6.85. The largest absolute Gasteiger partial charge is 0.369 e. The van der Waals surface area contributed by atoms with Gasteiger partial charge < -0.3 is 10.2 Å². The fourth-order valence-corrected chi connectivity index (χ4v) is 4.67. The number of nitrogens with zero attached hydrogens (tertiary/aromatic N) is 3. The molecule has 1 N–H and O–H groups in total. The van der Waals surface area contributed by atoms with Crippen molar-refractivity contribution in [3.05, 3.63) is 29.0 Å². The quantitative estimate of drug-likeness (QED) is 0.617. The number of piperazine rings is 1. The van der Waals surface area contributed by atoms with Crippen LogP contribution in [0.1, 0.15) is 51.4 Å². The zero-order valence-corrected chi connectivity index (χ0v) is 18.3. The van der Waals surface area contributed by atoms with Gasteiger partial charge in [-0.15, -0.1) is 0 Å². The SMILES string of the molecule is N#CCCCC(=O)N[C@H]1CC[C@H](CCN2CCN(c3ccc(F)c(Cl)c3)CC2)CC1. The Hall–Kier alpha value is -1.84. The van der Waals surface area contributed by atoms with Crippen LogP contribution in [0.25, 0.3) is 0 Å². The molecule has 2 aliphatic rings. The maximum Gasteiger partial charge on any atom is 0.220 e. The second kappa shape index (κ2) is 11.5. The first-order valence-electron chi connectivity index (χ1n) is 11.1. The molecule has 0 atom stereocenters. The average Bonchev–Trinajstić information content (AvgIpc) is 2.76. The van der Waals surface area contributed by atoms with Crippen LogP contribution in [0, 0.1) is 23.1 Å². The summed E-state index contributed by atoms with van der Waals surface area (Å²) in [6.07, 6.45) is 7.26. The lowest BCUT2D eigenvalue weighted by atomic mass is 9.84. The highest BCUT2D eigenvalue weighted by Crippen LogP contribution is 2.28. The molecule has 164 valence electrons. The Morgan fingerprint density at radius 3 is 2.60 bits per heavy atom. The number of amides is 1. The number of carbonyl (C=O) groups is 1. The second-order valence-electron chi connectivity index (χ2n) is 8.51. The number of rotatable bonds is 8. The Bertz CT molecular complexity index is 737. The van der Waals surface area contributed by atoms with Gasteiger partial charge in [0, 0.05) is 50.7 Å². The first-order valence-corrected chi connectivity index (χ1v) is 11.5. The van der Waals surface area contributed by atoms with Crippen LogP contribution in [0.4, 0.5) is 10.1 Å². The van der Waals surface area contributed by atoms with E-state index in [0.717, 1.165) is 57.2 Å². The number of hydrogen-bond acceptors (Lipinski definition) is 4. The lowest BCUT2D eigenvalue weighted by Crippen LogP contribution is -2.47. The summed E-state index contributed by atoms with van der Waals surface area (Å²) in [6, 6.07) is 7.35. The predicted molar refractivity (Wildman–Crippen MR) is 118 cm³/mol. The van der Waals surface area contributed by atoms with Crippen molar-refractivity contribution in [3.63, 3.8) is 0 Å². The molecule has 1 aliphatic heterocycles. The van der Waals surface area contributed by atoms with Gasteiger partial charge in [-0.1, -0.05) is 11.6 Å². The smallest absolute Gasteiger partial charge is 0.220 e. The number of nitrogens with one attached hydrogen (secondary N) is 1. The van der Waals surface area contributed by atoms with E-state index in [1.165, 1.54) is 25.3 Å². The molecule has 7 heteroatoms. The van der Waals surface area contributed by atoms with Crippen LogP contribution in [0.2, 0.25) is 5.02 Å². The molecule has 1 amide bonds. The van der Waals surface area contributed by atoms with Crippen molar-refractivity contribution >= 4 is 23.2 Å².